The van der Waals surface area contributed by atoms with Gasteiger partial charge in [-0.25, -0.2) is 9.78 Å². The normalized spacial score (nSPS) is 11.3. The van der Waals surface area contributed by atoms with Crippen LogP contribution in [0.15, 0.2) is 47.0 Å². The number of nitrogens with zero attached hydrogens (tertiary/aromatic N) is 4. The van der Waals surface area contributed by atoms with Crippen LogP contribution in [0.3, 0.4) is 0 Å². The van der Waals surface area contributed by atoms with Crippen LogP contribution in [0.5, 0.6) is 0 Å². The summed E-state index contributed by atoms with van der Waals surface area (Å²) in [5.74, 6) is 1.38. The summed E-state index contributed by atoms with van der Waals surface area (Å²) < 4.78 is 10.1. The second-order valence-corrected chi connectivity index (χ2v) is 7.03. The minimum absolute atomic E-state index is 0.389. The molecule has 0 amide bonds. The fraction of sp³-hybridized carbons (Fsp3) is 0.200. The molecule has 2 aromatic heterocycles. The third-order valence-electron chi connectivity index (χ3n) is 4.35. The van der Waals surface area contributed by atoms with Gasteiger partial charge in [-0.1, -0.05) is 28.9 Å². The Bertz CT molecular complexity index is 1150. The molecule has 2 aromatic carbocycles. The molecule has 0 spiro atoms. The molecule has 4 rings (SSSR count). The summed E-state index contributed by atoms with van der Waals surface area (Å²) in [6, 6.07) is 12.4. The molecule has 0 atom stereocenters. The minimum Gasteiger partial charge on any atom is -0.465 e. The lowest BCUT2D eigenvalue weighted by atomic mass is 10.1. The maximum atomic E-state index is 11.5. The quantitative estimate of drug-likeness (QED) is 0.483. The molecule has 29 heavy (non-hydrogen) atoms. The Morgan fingerprint density at radius 2 is 1.97 bits per heavy atom. The van der Waals surface area contributed by atoms with Crippen molar-refractivity contribution in [3.8, 4) is 11.4 Å². The topological polar surface area (TPSA) is 97.1 Å². The van der Waals surface area contributed by atoms with Crippen molar-refractivity contribution >= 4 is 28.6 Å². The highest BCUT2D eigenvalue weighted by atomic mass is 35.5. The van der Waals surface area contributed by atoms with E-state index in [0.29, 0.717) is 35.4 Å². The first-order valence-corrected chi connectivity index (χ1v) is 9.23. The van der Waals surface area contributed by atoms with Crippen LogP contribution in [0, 0.1) is 0 Å². The van der Waals surface area contributed by atoms with Crippen molar-refractivity contribution in [1.82, 2.24) is 25.0 Å². The second-order valence-electron chi connectivity index (χ2n) is 6.60. The molecule has 0 aliphatic rings. The van der Waals surface area contributed by atoms with E-state index in [1.807, 2.05) is 30.1 Å². The maximum Gasteiger partial charge on any atom is 0.337 e. The summed E-state index contributed by atoms with van der Waals surface area (Å²) in [6.45, 7) is 1.04. The zero-order valence-electron chi connectivity index (χ0n) is 15.8. The summed E-state index contributed by atoms with van der Waals surface area (Å²) in [7, 11) is 3.29. The first-order chi connectivity index (χ1) is 14.0. The number of nitrogens with one attached hydrogen (secondary N) is 1. The van der Waals surface area contributed by atoms with Crippen molar-refractivity contribution in [2.75, 3.05) is 14.2 Å². The van der Waals surface area contributed by atoms with Crippen LogP contribution in [-0.2, 0) is 17.8 Å². The van der Waals surface area contributed by atoms with E-state index in [1.165, 1.54) is 7.11 Å². The summed E-state index contributed by atoms with van der Waals surface area (Å²) in [4.78, 5) is 25.8. The largest absolute Gasteiger partial charge is 0.465 e. The zero-order valence-corrected chi connectivity index (χ0v) is 16.6. The molecular formula is C20H18ClN5O3. The van der Waals surface area contributed by atoms with E-state index in [-0.39, 0.29) is 5.97 Å². The molecule has 0 unspecified atom stereocenters. The zero-order chi connectivity index (χ0) is 20.4. The Morgan fingerprint density at radius 1 is 1.17 bits per heavy atom. The molecule has 0 fully saturated rings. The number of rotatable bonds is 6. The van der Waals surface area contributed by atoms with E-state index in [2.05, 4.69) is 20.1 Å². The number of carbonyl (C=O) groups is 1. The molecule has 9 heteroatoms. The number of halogens is 1. The summed E-state index contributed by atoms with van der Waals surface area (Å²) in [5, 5.41) is 4.68. The fourth-order valence-corrected chi connectivity index (χ4v) is 3.13. The van der Waals surface area contributed by atoms with Gasteiger partial charge >= 0.3 is 5.97 Å². The van der Waals surface area contributed by atoms with Gasteiger partial charge in [0.1, 0.15) is 5.82 Å². The van der Waals surface area contributed by atoms with Crippen molar-refractivity contribution in [3.05, 3.63) is 64.8 Å². The lowest BCUT2D eigenvalue weighted by Gasteiger charge is -2.11. The van der Waals surface area contributed by atoms with Crippen molar-refractivity contribution in [3.63, 3.8) is 0 Å². The van der Waals surface area contributed by atoms with Crippen molar-refractivity contribution in [1.29, 1.82) is 0 Å². The first-order valence-electron chi connectivity index (χ1n) is 8.86. The van der Waals surface area contributed by atoms with Crippen LogP contribution < -0.4 is 0 Å². The molecule has 2 heterocycles. The van der Waals surface area contributed by atoms with Gasteiger partial charge in [0.05, 0.1) is 36.8 Å². The molecular weight excluding hydrogens is 394 g/mol. The van der Waals surface area contributed by atoms with Gasteiger partial charge in [-0.2, -0.15) is 4.98 Å². The number of benzene rings is 2. The van der Waals surface area contributed by atoms with Crippen molar-refractivity contribution in [2.45, 2.75) is 13.1 Å². The number of aromatic nitrogens is 4. The number of ether oxygens (including phenoxy) is 1. The van der Waals surface area contributed by atoms with E-state index in [4.69, 9.17) is 20.9 Å². The predicted octanol–water partition coefficient (Wildman–Crippen LogP) is 3.68. The standard InChI is InChI=1S/C20H18ClN5O3/c1-26(10-17-22-15-8-7-14(21)9-16(15)23-17)11-18-24-19(25-29-18)12-3-5-13(6-4-12)20(27)28-2/h3-9H,10-11H2,1-2H3,(H,22,23). The smallest absolute Gasteiger partial charge is 0.337 e. The Labute approximate surface area is 171 Å². The van der Waals surface area contributed by atoms with E-state index in [9.17, 15) is 4.79 Å². The molecule has 0 radical (unpaired) electrons. The van der Waals surface area contributed by atoms with Crippen LogP contribution in [-0.4, -0.2) is 45.1 Å². The number of aromatic amines is 1. The Kier molecular flexibility index (Phi) is 5.28. The average molecular weight is 412 g/mol. The average Bonchev–Trinajstić information content (AvgIpc) is 3.33. The van der Waals surface area contributed by atoms with Gasteiger partial charge in [0.2, 0.25) is 11.7 Å². The molecule has 0 saturated carbocycles. The van der Waals surface area contributed by atoms with Crippen LogP contribution >= 0.6 is 11.6 Å². The lowest BCUT2D eigenvalue weighted by Crippen LogP contribution is -2.18. The number of imidazole rings is 1. The molecule has 0 saturated heterocycles. The van der Waals surface area contributed by atoms with Crippen molar-refractivity contribution in [2.24, 2.45) is 0 Å². The highest BCUT2D eigenvalue weighted by Crippen LogP contribution is 2.19. The number of fused-ring (bicyclic) bond motifs is 1. The van der Waals surface area contributed by atoms with Gasteiger partial charge in [-0.15, -0.1) is 0 Å². The fourth-order valence-electron chi connectivity index (χ4n) is 2.96. The molecule has 148 valence electrons. The van der Waals surface area contributed by atoms with E-state index < -0.39 is 0 Å². The third-order valence-corrected chi connectivity index (χ3v) is 4.59. The van der Waals surface area contributed by atoms with Gasteiger partial charge in [0.15, 0.2) is 0 Å². The van der Waals surface area contributed by atoms with Gasteiger partial charge in [-0.05, 0) is 37.4 Å². The van der Waals surface area contributed by atoms with Gasteiger partial charge < -0.3 is 14.2 Å². The Morgan fingerprint density at radius 3 is 2.72 bits per heavy atom. The number of hydrogen-bond donors (Lipinski definition) is 1. The second kappa shape index (κ2) is 8.02. The molecule has 0 bridgehead atoms. The van der Waals surface area contributed by atoms with Crippen LogP contribution in [0.4, 0.5) is 0 Å². The SMILES string of the molecule is COC(=O)c1ccc(-c2noc(CN(C)Cc3nc4ccc(Cl)cc4[nH]3)n2)cc1. The number of esters is 1. The van der Waals surface area contributed by atoms with E-state index >= 15 is 0 Å². The monoisotopic (exact) mass is 411 g/mol. The molecule has 0 aliphatic carbocycles. The van der Waals surface area contributed by atoms with Crippen molar-refractivity contribution < 1.29 is 14.1 Å². The minimum atomic E-state index is -0.389. The highest BCUT2D eigenvalue weighted by molar-refractivity contribution is 6.31. The summed E-state index contributed by atoms with van der Waals surface area (Å²) in [5.41, 5.74) is 2.99. The number of carbonyl (C=O) groups excluding carboxylic acids is 1. The highest BCUT2D eigenvalue weighted by Gasteiger charge is 2.13. The molecule has 1 N–H and O–H groups in total. The molecule has 8 nitrogen and oxygen atoms in total. The molecule has 0 aliphatic heterocycles. The van der Waals surface area contributed by atoms with E-state index in [0.717, 1.165) is 22.4 Å². The van der Waals surface area contributed by atoms with Crippen LogP contribution in [0.2, 0.25) is 5.02 Å². The number of methoxy groups -OCH3 is 1. The lowest BCUT2D eigenvalue weighted by molar-refractivity contribution is 0.0600. The predicted molar refractivity (Wildman–Crippen MR) is 107 cm³/mol. The third kappa shape index (κ3) is 4.28. The Balaban J connectivity index is 1.42. The number of H-pyrrole nitrogens is 1. The first kappa shape index (κ1) is 19.1. The van der Waals surface area contributed by atoms with Crippen LogP contribution in [0.1, 0.15) is 22.1 Å². The van der Waals surface area contributed by atoms with Gasteiger partial charge in [0.25, 0.3) is 0 Å². The Hall–Kier alpha value is -3.23. The number of hydrogen-bond acceptors (Lipinski definition) is 7. The van der Waals surface area contributed by atoms with Gasteiger partial charge in [0, 0.05) is 10.6 Å². The molecule has 4 aromatic rings. The van der Waals surface area contributed by atoms with E-state index in [1.54, 1.807) is 24.3 Å². The maximum absolute atomic E-state index is 11.5. The van der Waals surface area contributed by atoms with Crippen LogP contribution in [0.25, 0.3) is 22.4 Å². The summed E-state index contributed by atoms with van der Waals surface area (Å²) in [6.07, 6.45) is 0. The van der Waals surface area contributed by atoms with Gasteiger partial charge in [-0.3, -0.25) is 4.90 Å². The summed E-state index contributed by atoms with van der Waals surface area (Å²) >= 11 is 6.02.